The van der Waals surface area contributed by atoms with Gasteiger partial charge in [0.05, 0.1) is 5.71 Å². The molecule has 0 unspecified atom stereocenters. The summed E-state index contributed by atoms with van der Waals surface area (Å²) in [5.74, 6) is 0.434. The van der Waals surface area contributed by atoms with Gasteiger partial charge in [-0.2, -0.15) is 10.1 Å². The maximum absolute atomic E-state index is 12.5. The Labute approximate surface area is 186 Å². The number of unbranched alkanes of at least 4 members (excludes halogenated alkanes) is 5. The third-order valence-electron chi connectivity index (χ3n) is 5.33. The summed E-state index contributed by atoms with van der Waals surface area (Å²) in [7, 11) is 1.59. The zero-order valence-electron chi connectivity index (χ0n) is 18.2. The number of aromatic nitrogens is 4. The molecule has 0 bridgehead atoms. The first-order chi connectivity index (χ1) is 14.9. The van der Waals surface area contributed by atoms with Crippen molar-refractivity contribution in [1.29, 1.82) is 0 Å². The highest BCUT2D eigenvalue weighted by atomic mass is 35.5. The Morgan fingerprint density at radius 3 is 2.52 bits per heavy atom. The van der Waals surface area contributed by atoms with Crippen LogP contribution in [0.1, 0.15) is 57.9 Å². The number of hydrogen-bond donors (Lipinski definition) is 2. The van der Waals surface area contributed by atoms with Crippen LogP contribution in [0.5, 0.6) is 0 Å². The summed E-state index contributed by atoms with van der Waals surface area (Å²) in [4.78, 5) is 31.4. The number of nitrogens with zero attached hydrogens (tertiary/aromatic N) is 4. The second-order valence-electron chi connectivity index (χ2n) is 7.66. The van der Waals surface area contributed by atoms with Gasteiger partial charge in [-0.1, -0.05) is 62.8 Å². The third kappa shape index (κ3) is 5.44. The van der Waals surface area contributed by atoms with Gasteiger partial charge in [-0.15, -0.1) is 0 Å². The number of benzene rings is 1. The number of nitrogens with one attached hydrogen (secondary N) is 2. The smallest absolute Gasteiger partial charge is 0.303 e. The quantitative estimate of drug-likeness (QED) is 0.277. The van der Waals surface area contributed by atoms with E-state index in [1.165, 1.54) is 23.8 Å². The van der Waals surface area contributed by atoms with Gasteiger partial charge in [0.25, 0.3) is 5.56 Å². The Kier molecular flexibility index (Phi) is 7.68. The molecular formula is C22H29ClN6O2. The lowest BCUT2D eigenvalue weighted by molar-refractivity contribution is 0.565. The van der Waals surface area contributed by atoms with Gasteiger partial charge in [-0.05, 0) is 31.0 Å². The fourth-order valence-corrected chi connectivity index (χ4v) is 3.60. The van der Waals surface area contributed by atoms with E-state index in [1.54, 1.807) is 19.2 Å². The molecule has 3 aromatic rings. The Bertz CT molecular complexity index is 1170. The van der Waals surface area contributed by atoms with Crippen LogP contribution in [0.4, 0.5) is 5.95 Å². The van der Waals surface area contributed by atoms with Gasteiger partial charge in [0, 0.05) is 18.6 Å². The summed E-state index contributed by atoms with van der Waals surface area (Å²) in [5.41, 5.74) is 4.43. The van der Waals surface area contributed by atoms with Crippen LogP contribution in [-0.4, -0.2) is 24.8 Å². The zero-order valence-corrected chi connectivity index (χ0v) is 19.0. The van der Waals surface area contributed by atoms with Crippen LogP contribution in [-0.2, 0) is 13.6 Å². The number of anilines is 1. The van der Waals surface area contributed by atoms with Crippen molar-refractivity contribution in [3.05, 3.63) is 55.7 Å². The van der Waals surface area contributed by atoms with E-state index < -0.39 is 11.2 Å². The Morgan fingerprint density at radius 2 is 1.81 bits per heavy atom. The summed E-state index contributed by atoms with van der Waals surface area (Å²) in [6.45, 7) is 4.68. The lowest BCUT2D eigenvalue weighted by atomic mass is 10.1. The van der Waals surface area contributed by atoms with Crippen LogP contribution in [0, 0.1) is 0 Å². The predicted octanol–water partition coefficient (Wildman–Crippen LogP) is 4.27. The average Bonchev–Trinajstić information content (AvgIpc) is 3.12. The maximum atomic E-state index is 12.5. The van der Waals surface area contributed by atoms with Gasteiger partial charge in [0.2, 0.25) is 5.95 Å². The molecule has 31 heavy (non-hydrogen) atoms. The number of H-pyrrole nitrogens is 1. The number of aromatic amines is 1. The van der Waals surface area contributed by atoms with E-state index in [9.17, 15) is 9.59 Å². The Balaban J connectivity index is 1.89. The maximum Gasteiger partial charge on any atom is 0.329 e. The minimum absolute atomic E-state index is 0.335. The highest BCUT2D eigenvalue weighted by molar-refractivity contribution is 6.30. The van der Waals surface area contributed by atoms with Crippen molar-refractivity contribution in [2.24, 2.45) is 12.1 Å². The summed E-state index contributed by atoms with van der Waals surface area (Å²) in [5, 5.41) is 5.10. The first kappa shape index (κ1) is 22.8. The summed E-state index contributed by atoms with van der Waals surface area (Å²) >= 11 is 5.96. The third-order valence-corrected chi connectivity index (χ3v) is 5.58. The number of hydrogen-bond acceptors (Lipinski definition) is 5. The van der Waals surface area contributed by atoms with Crippen LogP contribution in [0.25, 0.3) is 11.2 Å². The number of imidazole rings is 1. The van der Waals surface area contributed by atoms with Gasteiger partial charge in [0.15, 0.2) is 11.2 Å². The molecule has 2 N–H and O–H groups in total. The van der Waals surface area contributed by atoms with E-state index in [0.717, 1.165) is 30.5 Å². The highest BCUT2D eigenvalue weighted by Gasteiger charge is 2.17. The van der Waals surface area contributed by atoms with Gasteiger partial charge >= 0.3 is 5.69 Å². The van der Waals surface area contributed by atoms with Gasteiger partial charge < -0.3 is 4.57 Å². The van der Waals surface area contributed by atoms with Crippen molar-refractivity contribution < 1.29 is 0 Å². The van der Waals surface area contributed by atoms with E-state index >= 15 is 0 Å². The number of fused-ring (bicyclic) bond motifs is 1. The molecule has 9 heteroatoms. The first-order valence-electron chi connectivity index (χ1n) is 10.7. The molecule has 0 saturated carbocycles. The molecule has 0 amide bonds. The number of rotatable bonds is 10. The Morgan fingerprint density at radius 1 is 1.13 bits per heavy atom. The predicted molar refractivity (Wildman–Crippen MR) is 126 cm³/mol. The molecule has 3 rings (SSSR count). The number of hydrazone groups is 1. The number of halogens is 1. The molecule has 0 radical (unpaired) electrons. The van der Waals surface area contributed by atoms with Crippen molar-refractivity contribution >= 4 is 34.4 Å². The molecule has 8 nitrogen and oxygen atoms in total. The largest absolute Gasteiger partial charge is 0.329 e. The lowest BCUT2D eigenvalue weighted by Gasteiger charge is -2.09. The zero-order chi connectivity index (χ0) is 22.4. The minimum Gasteiger partial charge on any atom is -0.303 e. The van der Waals surface area contributed by atoms with Crippen LogP contribution >= 0.6 is 11.6 Å². The van der Waals surface area contributed by atoms with Crippen molar-refractivity contribution in [3.8, 4) is 0 Å². The molecule has 166 valence electrons. The van der Waals surface area contributed by atoms with Crippen molar-refractivity contribution in [2.45, 2.75) is 58.9 Å². The molecule has 0 spiro atoms. The molecule has 2 heterocycles. The Hall–Kier alpha value is -2.87. The van der Waals surface area contributed by atoms with E-state index in [4.69, 9.17) is 11.6 Å². The molecule has 0 fully saturated rings. The highest BCUT2D eigenvalue weighted by Crippen LogP contribution is 2.18. The van der Waals surface area contributed by atoms with Crippen molar-refractivity contribution in [1.82, 2.24) is 19.1 Å². The summed E-state index contributed by atoms with van der Waals surface area (Å²) in [6.07, 6.45) is 6.79. The summed E-state index contributed by atoms with van der Waals surface area (Å²) < 4.78 is 3.15. The van der Waals surface area contributed by atoms with E-state index in [1.807, 2.05) is 23.6 Å². The fourth-order valence-electron chi connectivity index (χ4n) is 3.48. The molecule has 1 aromatic carbocycles. The van der Waals surface area contributed by atoms with Gasteiger partial charge in [0.1, 0.15) is 0 Å². The minimum atomic E-state index is -0.492. The van der Waals surface area contributed by atoms with E-state index in [0.29, 0.717) is 28.7 Å². The molecule has 0 saturated heterocycles. The SMILES string of the molecule is CCCCCCCCn1c(N/N=C(/C)c2ccc(Cl)cc2)nc2c1c(=O)[nH]c(=O)n2C. The molecule has 0 aliphatic heterocycles. The van der Waals surface area contributed by atoms with Crippen molar-refractivity contribution in [3.63, 3.8) is 0 Å². The molecule has 0 atom stereocenters. The topological polar surface area (TPSA) is 97.1 Å². The molecule has 0 aliphatic rings. The van der Waals surface area contributed by atoms with E-state index in [-0.39, 0.29) is 0 Å². The second kappa shape index (κ2) is 10.4. The lowest BCUT2D eigenvalue weighted by Crippen LogP contribution is -2.29. The molecular weight excluding hydrogens is 416 g/mol. The standard InChI is InChI=1S/C22H29ClN6O2/c1-4-5-6-7-8-9-14-29-18-19(28(3)22(31)25-20(18)30)24-21(29)27-26-15(2)16-10-12-17(23)13-11-16/h10-13H,4-9,14H2,1-3H3,(H,24,27)(H,25,30,31)/b26-15-. The molecule has 0 aliphatic carbocycles. The second-order valence-corrected chi connectivity index (χ2v) is 8.10. The van der Waals surface area contributed by atoms with Gasteiger partial charge in [-0.25, -0.2) is 10.2 Å². The normalized spacial score (nSPS) is 11.9. The monoisotopic (exact) mass is 444 g/mol. The fraction of sp³-hybridized carbons (Fsp3) is 0.455. The van der Waals surface area contributed by atoms with E-state index in [2.05, 4.69) is 27.4 Å². The number of aryl methyl sites for hydroxylation is 2. The van der Waals surface area contributed by atoms with Crippen molar-refractivity contribution in [2.75, 3.05) is 5.43 Å². The van der Waals surface area contributed by atoms with Crippen LogP contribution in [0.3, 0.4) is 0 Å². The van der Waals surface area contributed by atoms with Gasteiger partial charge in [-0.3, -0.25) is 14.3 Å². The first-order valence-corrected chi connectivity index (χ1v) is 11.1. The van der Waals surface area contributed by atoms with Crippen LogP contribution < -0.4 is 16.7 Å². The van der Waals surface area contributed by atoms with Crippen LogP contribution in [0.2, 0.25) is 5.02 Å². The van der Waals surface area contributed by atoms with Crippen LogP contribution in [0.15, 0.2) is 39.0 Å². The average molecular weight is 445 g/mol. The molecule has 2 aromatic heterocycles. The summed E-state index contributed by atoms with van der Waals surface area (Å²) in [6, 6.07) is 7.38.